The summed E-state index contributed by atoms with van der Waals surface area (Å²) in [5.41, 5.74) is 3.27. The van der Waals surface area contributed by atoms with Crippen LogP contribution in [-0.2, 0) is 0 Å². The minimum absolute atomic E-state index is 1.02. The highest BCUT2D eigenvalue weighted by molar-refractivity contribution is 6.83. The zero-order valence-electron chi connectivity index (χ0n) is 11.2. The maximum Gasteiger partial charge on any atom is 0.129 e. The Bertz CT molecular complexity index is 309. The van der Waals surface area contributed by atoms with Gasteiger partial charge in [-0.05, 0) is 18.6 Å². The molecule has 0 atom stereocenters. The highest BCUT2D eigenvalue weighted by atomic mass is 28.3. The Labute approximate surface area is 103 Å². The Balaban J connectivity index is 3.66. The normalized spacial score (nSPS) is 10.5. The molecule has 0 aliphatic carbocycles. The first-order chi connectivity index (χ1) is 7.56. The minimum Gasteiger partial charge on any atom is -0.127 e. The van der Waals surface area contributed by atoms with Crippen LogP contribution in [-0.4, -0.2) is 8.07 Å². The second-order valence-electron chi connectivity index (χ2n) is 4.98. The van der Waals surface area contributed by atoms with E-state index < -0.39 is 8.07 Å². The molecule has 16 heavy (non-hydrogen) atoms. The Hall–Kier alpha value is -0.923. The lowest BCUT2D eigenvalue weighted by Crippen LogP contribution is -2.16. The molecule has 0 aliphatic heterocycles. The molecule has 0 amide bonds. The van der Waals surface area contributed by atoms with E-state index >= 15 is 0 Å². The first kappa shape index (κ1) is 15.1. The summed E-state index contributed by atoms with van der Waals surface area (Å²) in [6.07, 6.45) is 9.93. The number of rotatable bonds is 4. The van der Waals surface area contributed by atoms with E-state index in [2.05, 4.69) is 49.9 Å². The molecular formula is C15H24Si. The monoisotopic (exact) mass is 232 g/mol. The van der Waals surface area contributed by atoms with Crippen molar-refractivity contribution in [3.8, 4) is 23.3 Å². The molecule has 0 nitrogen and oxygen atoms in total. The first-order valence-electron chi connectivity index (χ1n) is 6.22. The van der Waals surface area contributed by atoms with Crippen LogP contribution in [0.2, 0.25) is 19.6 Å². The largest absolute Gasteiger partial charge is 0.129 e. The number of hydrogen-bond acceptors (Lipinski definition) is 0. The Morgan fingerprint density at radius 3 is 2.25 bits per heavy atom. The second-order valence-corrected chi connectivity index (χ2v) is 9.73. The van der Waals surface area contributed by atoms with E-state index in [0.29, 0.717) is 0 Å². The smallest absolute Gasteiger partial charge is 0.127 e. The van der Waals surface area contributed by atoms with Crippen molar-refractivity contribution in [1.29, 1.82) is 0 Å². The van der Waals surface area contributed by atoms with E-state index in [-0.39, 0.29) is 0 Å². The van der Waals surface area contributed by atoms with Crippen molar-refractivity contribution in [2.45, 2.75) is 58.7 Å². The van der Waals surface area contributed by atoms with Gasteiger partial charge in [0.25, 0.3) is 0 Å². The number of hydrogen-bond donors (Lipinski definition) is 0. The van der Waals surface area contributed by atoms with Crippen molar-refractivity contribution >= 4 is 8.07 Å². The van der Waals surface area contributed by atoms with Crippen LogP contribution in [0.3, 0.4) is 0 Å². The van der Waals surface area contributed by atoms with E-state index in [1.54, 1.807) is 0 Å². The van der Waals surface area contributed by atoms with Gasteiger partial charge in [-0.25, -0.2) is 0 Å². The Kier molecular flexibility index (Phi) is 8.78. The van der Waals surface area contributed by atoms with Gasteiger partial charge < -0.3 is 0 Å². The lowest BCUT2D eigenvalue weighted by atomic mass is 10.2. The number of unbranched alkanes of at least 4 members (excludes halogenated alkanes) is 4. The van der Waals surface area contributed by atoms with Gasteiger partial charge in [-0.15, -0.1) is 5.54 Å². The topological polar surface area (TPSA) is 0 Å². The molecule has 0 aromatic carbocycles. The zero-order chi connectivity index (χ0) is 12.3. The lowest BCUT2D eigenvalue weighted by Gasteiger charge is -2.01. The summed E-state index contributed by atoms with van der Waals surface area (Å²) in [7, 11) is -1.21. The first-order valence-corrected chi connectivity index (χ1v) is 9.72. The van der Waals surface area contributed by atoms with Crippen molar-refractivity contribution in [2.24, 2.45) is 0 Å². The van der Waals surface area contributed by atoms with Crippen LogP contribution in [0.4, 0.5) is 0 Å². The molecule has 0 rings (SSSR count). The molecule has 0 bridgehead atoms. The summed E-state index contributed by atoms with van der Waals surface area (Å²) in [4.78, 5) is 0. The summed E-state index contributed by atoms with van der Waals surface area (Å²) in [6.45, 7) is 8.96. The van der Waals surface area contributed by atoms with E-state index in [9.17, 15) is 0 Å². The van der Waals surface area contributed by atoms with Gasteiger partial charge in [-0.1, -0.05) is 63.6 Å². The molecule has 0 spiro atoms. The van der Waals surface area contributed by atoms with Crippen molar-refractivity contribution in [1.82, 2.24) is 0 Å². The maximum absolute atomic E-state index is 3.27. The van der Waals surface area contributed by atoms with Crippen LogP contribution in [0.5, 0.6) is 0 Å². The third kappa shape index (κ3) is 13.1. The SMILES string of the molecule is CCCCCCC#C/C=C/C#C[Si](C)(C)C. The van der Waals surface area contributed by atoms with Crippen LogP contribution in [0, 0.1) is 23.3 Å². The predicted molar refractivity (Wildman–Crippen MR) is 76.8 cm³/mol. The molecule has 0 unspecified atom stereocenters. The van der Waals surface area contributed by atoms with Gasteiger partial charge in [0.15, 0.2) is 0 Å². The molecule has 0 saturated heterocycles. The molecular weight excluding hydrogens is 208 g/mol. The molecule has 0 aromatic heterocycles. The lowest BCUT2D eigenvalue weighted by molar-refractivity contribution is 0.679. The van der Waals surface area contributed by atoms with E-state index in [1.807, 2.05) is 12.2 Å². The van der Waals surface area contributed by atoms with E-state index in [1.165, 1.54) is 25.7 Å². The van der Waals surface area contributed by atoms with E-state index in [4.69, 9.17) is 0 Å². The predicted octanol–water partition coefficient (Wildman–Crippen LogP) is 4.40. The van der Waals surface area contributed by atoms with Crippen LogP contribution < -0.4 is 0 Å². The fraction of sp³-hybridized carbons (Fsp3) is 0.600. The van der Waals surface area contributed by atoms with Crippen LogP contribution in [0.25, 0.3) is 0 Å². The van der Waals surface area contributed by atoms with Gasteiger partial charge in [0.05, 0.1) is 0 Å². The molecule has 0 heterocycles. The Morgan fingerprint density at radius 2 is 1.62 bits per heavy atom. The highest BCUT2D eigenvalue weighted by Gasteiger charge is 2.06. The average Bonchev–Trinajstić information content (AvgIpc) is 2.19. The average molecular weight is 232 g/mol. The Morgan fingerprint density at radius 1 is 0.938 bits per heavy atom. The second kappa shape index (κ2) is 9.31. The quantitative estimate of drug-likeness (QED) is 0.383. The summed E-state index contributed by atoms with van der Waals surface area (Å²) in [5, 5.41) is 0. The van der Waals surface area contributed by atoms with E-state index in [0.717, 1.165) is 6.42 Å². The molecule has 1 heteroatoms. The van der Waals surface area contributed by atoms with Gasteiger partial charge in [-0.3, -0.25) is 0 Å². The fourth-order valence-corrected chi connectivity index (χ4v) is 1.63. The van der Waals surface area contributed by atoms with Crippen LogP contribution in [0.15, 0.2) is 12.2 Å². The van der Waals surface area contributed by atoms with Crippen LogP contribution in [0.1, 0.15) is 39.0 Å². The summed E-state index contributed by atoms with van der Waals surface area (Å²) in [6, 6.07) is 0. The van der Waals surface area contributed by atoms with Gasteiger partial charge in [0.1, 0.15) is 8.07 Å². The standard InChI is InChI=1S/C15H24Si/c1-5-6-7-8-9-10-11-12-13-14-15-16(2,3)4/h12-13H,5-9H2,1-4H3/b13-12+. The van der Waals surface area contributed by atoms with Gasteiger partial charge in [-0.2, -0.15) is 0 Å². The minimum atomic E-state index is -1.21. The third-order valence-electron chi connectivity index (χ3n) is 1.95. The van der Waals surface area contributed by atoms with Crippen molar-refractivity contribution in [2.75, 3.05) is 0 Å². The zero-order valence-corrected chi connectivity index (χ0v) is 12.2. The fourth-order valence-electron chi connectivity index (χ4n) is 1.11. The van der Waals surface area contributed by atoms with Gasteiger partial charge in [0, 0.05) is 6.42 Å². The summed E-state index contributed by atoms with van der Waals surface area (Å²) in [5.74, 6) is 9.24. The molecule has 88 valence electrons. The summed E-state index contributed by atoms with van der Waals surface area (Å²) >= 11 is 0. The molecule has 0 saturated carbocycles. The molecule has 0 aromatic rings. The van der Waals surface area contributed by atoms with Crippen molar-refractivity contribution < 1.29 is 0 Å². The molecule has 0 radical (unpaired) electrons. The summed E-state index contributed by atoms with van der Waals surface area (Å²) < 4.78 is 0. The number of allylic oxidation sites excluding steroid dienone is 2. The van der Waals surface area contributed by atoms with Gasteiger partial charge >= 0.3 is 0 Å². The molecule has 0 N–H and O–H groups in total. The molecule has 0 fully saturated rings. The third-order valence-corrected chi connectivity index (χ3v) is 2.85. The maximum atomic E-state index is 3.27. The van der Waals surface area contributed by atoms with Gasteiger partial charge in [0.2, 0.25) is 0 Å². The van der Waals surface area contributed by atoms with Crippen molar-refractivity contribution in [3.05, 3.63) is 12.2 Å². The van der Waals surface area contributed by atoms with Crippen molar-refractivity contribution in [3.63, 3.8) is 0 Å². The highest BCUT2D eigenvalue weighted by Crippen LogP contribution is 2.00. The molecule has 0 aliphatic rings. The van der Waals surface area contributed by atoms with Crippen LogP contribution >= 0.6 is 0 Å².